The molecule has 1 N–H and O–H groups in total. The van der Waals surface area contributed by atoms with Gasteiger partial charge >= 0.3 is 5.97 Å². The zero-order valence-electron chi connectivity index (χ0n) is 10.5. The molecule has 1 aromatic rings. The summed E-state index contributed by atoms with van der Waals surface area (Å²) >= 11 is 1.85. The lowest BCUT2D eigenvalue weighted by Gasteiger charge is -2.09. The predicted molar refractivity (Wildman–Crippen MR) is 72.6 cm³/mol. The summed E-state index contributed by atoms with van der Waals surface area (Å²) in [7, 11) is 0. The van der Waals surface area contributed by atoms with E-state index >= 15 is 0 Å². The van der Waals surface area contributed by atoms with Crippen LogP contribution in [0.3, 0.4) is 0 Å². The molecule has 0 bridgehead atoms. The molecule has 1 atom stereocenters. The first-order valence-corrected chi connectivity index (χ1v) is 7.04. The van der Waals surface area contributed by atoms with E-state index in [1.54, 1.807) is 0 Å². The fourth-order valence-electron chi connectivity index (χ4n) is 1.69. The first kappa shape index (κ1) is 14.1. The largest absolute Gasteiger partial charge is 0.481 e. The highest BCUT2D eigenvalue weighted by molar-refractivity contribution is 7.99. The molecule has 1 unspecified atom stereocenters. The number of thioether (sulfide) groups is 1. The molecule has 1 aromatic carbocycles. The summed E-state index contributed by atoms with van der Waals surface area (Å²) in [6.07, 6.45) is 2.61. The fraction of sp³-hybridized carbons (Fsp3) is 0.500. The lowest BCUT2D eigenvalue weighted by Crippen LogP contribution is -1.99. The van der Waals surface area contributed by atoms with Crippen molar-refractivity contribution < 1.29 is 9.90 Å². The van der Waals surface area contributed by atoms with Gasteiger partial charge in [0, 0.05) is 10.6 Å². The van der Waals surface area contributed by atoms with Crippen molar-refractivity contribution in [1.82, 2.24) is 0 Å². The number of rotatable bonds is 7. The van der Waals surface area contributed by atoms with Crippen molar-refractivity contribution in [3.63, 3.8) is 0 Å². The van der Waals surface area contributed by atoms with E-state index in [1.165, 1.54) is 17.7 Å². The molecule has 0 aliphatic rings. The average Bonchev–Trinajstić information content (AvgIpc) is 2.28. The van der Waals surface area contributed by atoms with Crippen LogP contribution in [0.5, 0.6) is 0 Å². The lowest BCUT2D eigenvalue weighted by atomic mass is 10.1. The fourth-order valence-corrected chi connectivity index (χ4v) is 2.66. The summed E-state index contributed by atoms with van der Waals surface area (Å²) in [6, 6.07) is 7.84. The van der Waals surface area contributed by atoms with Gasteiger partial charge in [-0.15, -0.1) is 11.8 Å². The third kappa shape index (κ3) is 5.78. The second-order valence-electron chi connectivity index (χ2n) is 4.42. The Morgan fingerprint density at radius 3 is 2.53 bits per heavy atom. The molecule has 0 aliphatic heterocycles. The van der Waals surface area contributed by atoms with Crippen LogP contribution in [-0.4, -0.2) is 16.8 Å². The quantitative estimate of drug-likeness (QED) is 0.749. The predicted octanol–water partition coefficient (Wildman–Crippen LogP) is 3.84. The van der Waals surface area contributed by atoms with Gasteiger partial charge in [-0.3, -0.25) is 4.79 Å². The molecule has 0 aromatic heterocycles. The van der Waals surface area contributed by atoms with Gasteiger partial charge in [0.1, 0.15) is 0 Å². The van der Waals surface area contributed by atoms with Gasteiger partial charge in [-0.05, 0) is 23.6 Å². The Balaban J connectivity index is 2.42. The van der Waals surface area contributed by atoms with Crippen LogP contribution in [0.4, 0.5) is 0 Å². The van der Waals surface area contributed by atoms with Crippen LogP contribution in [0.25, 0.3) is 0 Å². The second kappa shape index (κ2) is 7.38. The van der Waals surface area contributed by atoms with Crippen LogP contribution in [0.2, 0.25) is 0 Å². The molecule has 0 fully saturated rings. The maximum absolute atomic E-state index is 10.5. The first-order valence-electron chi connectivity index (χ1n) is 6.05. The monoisotopic (exact) mass is 252 g/mol. The van der Waals surface area contributed by atoms with E-state index in [2.05, 4.69) is 13.8 Å². The molecule has 17 heavy (non-hydrogen) atoms. The van der Waals surface area contributed by atoms with Crippen LogP contribution in [-0.2, 0) is 11.2 Å². The SMILES string of the molecule is CCCC(C)CSc1ccc(CC(=O)O)cc1. The normalized spacial score (nSPS) is 12.4. The molecule has 0 aliphatic carbocycles. The highest BCUT2D eigenvalue weighted by atomic mass is 32.2. The van der Waals surface area contributed by atoms with Gasteiger partial charge in [0.05, 0.1) is 6.42 Å². The van der Waals surface area contributed by atoms with Crippen molar-refractivity contribution in [3.8, 4) is 0 Å². The van der Waals surface area contributed by atoms with Gasteiger partial charge in [-0.25, -0.2) is 0 Å². The zero-order valence-corrected chi connectivity index (χ0v) is 11.3. The Hall–Kier alpha value is -0.960. The van der Waals surface area contributed by atoms with Crippen molar-refractivity contribution in [3.05, 3.63) is 29.8 Å². The molecule has 0 radical (unpaired) electrons. The van der Waals surface area contributed by atoms with Gasteiger partial charge in [0.25, 0.3) is 0 Å². The summed E-state index contributed by atoms with van der Waals surface area (Å²) in [5.41, 5.74) is 0.864. The van der Waals surface area contributed by atoms with E-state index < -0.39 is 5.97 Å². The summed E-state index contributed by atoms with van der Waals surface area (Å²) < 4.78 is 0. The molecule has 0 saturated heterocycles. The van der Waals surface area contributed by atoms with Gasteiger partial charge < -0.3 is 5.11 Å². The highest BCUT2D eigenvalue weighted by Gasteiger charge is 2.03. The summed E-state index contributed by atoms with van der Waals surface area (Å²) in [5, 5.41) is 8.67. The van der Waals surface area contributed by atoms with E-state index in [9.17, 15) is 4.79 Å². The van der Waals surface area contributed by atoms with Crippen molar-refractivity contribution in [2.75, 3.05) is 5.75 Å². The van der Waals surface area contributed by atoms with Gasteiger partial charge in [0.2, 0.25) is 0 Å². The van der Waals surface area contributed by atoms with Crippen molar-refractivity contribution in [1.29, 1.82) is 0 Å². The number of benzene rings is 1. The number of hydrogen-bond donors (Lipinski definition) is 1. The molecule has 3 heteroatoms. The van der Waals surface area contributed by atoms with Crippen LogP contribution in [0, 0.1) is 5.92 Å². The van der Waals surface area contributed by atoms with Crippen molar-refractivity contribution >= 4 is 17.7 Å². The third-order valence-corrected chi connectivity index (χ3v) is 3.94. The maximum Gasteiger partial charge on any atom is 0.307 e. The summed E-state index contributed by atoms with van der Waals surface area (Å²) in [4.78, 5) is 11.8. The minimum absolute atomic E-state index is 0.108. The van der Waals surface area contributed by atoms with Gasteiger partial charge in [0.15, 0.2) is 0 Å². The van der Waals surface area contributed by atoms with E-state index in [0.29, 0.717) is 0 Å². The van der Waals surface area contributed by atoms with Crippen LogP contribution in [0.1, 0.15) is 32.3 Å². The maximum atomic E-state index is 10.5. The molecule has 2 nitrogen and oxygen atoms in total. The molecule has 1 rings (SSSR count). The summed E-state index contributed by atoms with van der Waals surface area (Å²) in [6.45, 7) is 4.48. The molecular formula is C14H20O2S. The Bertz CT molecular complexity index is 346. The lowest BCUT2D eigenvalue weighted by molar-refractivity contribution is -0.136. The van der Waals surface area contributed by atoms with E-state index in [0.717, 1.165) is 17.2 Å². The number of hydrogen-bond acceptors (Lipinski definition) is 2. The van der Waals surface area contributed by atoms with Crippen LogP contribution < -0.4 is 0 Å². The van der Waals surface area contributed by atoms with E-state index in [1.807, 2.05) is 36.0 Å². The number of carboxylic acid groups (broad SMARTS) is 1. The van der Waals surface area contributed by atoms with Gasteiger partial charge in [-0.1, -0.05) is 38.8 Å². The zero-order chi connectivity index (χ0) is 12.7. The van der Waals surface area contributed by atoms with Crippen molar-refractivity contribution in [2.45, 2.75) is 38.0 Å². The molecule has 0 spiro atoms. The van der Waals surface area contributed by atoms with Crippen LogP contribution >= 0.6 is 11.8 Å². The van der Waals surface area contributed by atoms with Gasteiger partial charge in [-0.2, -0.15) is 0 Å². The topological polar surface area (TPSA) is 37.3 Å². The molecule has 94 valence electrons. The Morgan fingerprint density at radius 2 is 2.00 bits per heavy atom. The average molecular weight is 252 g/mol. The van der Waals surface area contributed by atoms with E-state index in [-0.39, 0.29) is 6.42 Å². The Morgan fingerprint density at radius 1 is 1.35 bits per heavy atom. The van der Waals surface area contributed by atoms with Crippen molar-refractivity contribution in [2.24, 2.45) is 5.92 Å². The number of carbonyl (C=O) groups is 1. The Kier molecular flexibility index (Phi) is 6.12. The minimum atomic E-state index is -0.776. The molecule has 0 saturated carbocycles. The van der Waals surface area contributed by atoms with E-state index in [4.69, 9.17) is 5.11 Å². The summed E-state index contributed by atoms with van der Waals surface area (Å²) in [5.74, 6) is 1.09. The Labute approximate surface area is 107 Å². The smallest absolute Gasteiger partial charge is 0.307 e. The van der Waals surface area contributed by atoms with Crippen LogP contribution in [0.15, 0.2) is 29.2 Å². The molecule has 0 heterocycles. The molecular weight excluding hydrogens is 232 g/mol. The third-order valence-electron chi connectivity index (χ3n) is 2.59. The second-order valence-corrected chi connectivity index (χ2v) is 5.51. The highest BCUT2D eigenvalue weighted by Crippen LogP contribution is 2.23. The minimum Gasteiger partial charge on any atom is -0.481 e. The number of aliphatic carboxylic acids is 1. The standard InChI is InChI=1S/C14H20O2S/c1-3-4-11(2)10-17-13-7-5-12(6-8-13)9-14(15)16/h5-8,11H,3-4,9-10H2,1-2H3,(H,15,16). The first-order chi connectivity index (χ1) is 8.11. The number of carboxylic acids is 1. The molecule has 0 amide bonds.